The van der Waals surface area contributed by atoms with Gasteiger partial charge in [0.2, 0.25) is 0 Å². The van der Waals surface area contributed by atoms with Crippen LogP contribution in [0.2, 0.25) is 0 Å². The van der Waals surface area contributed by atoms with E-state index in [-0.39, 0.29) is 0 Å². The van der Waals surface area contributed by atoms with E-state index in [1.54, 1.807) is 19.1 Å². The average Bonchev–Trinajstić information content (AvgIpc) is 2.81. The number of carbonyl (C=O) groups excluding carboxylic acids is 2. The number of hydrogen-bond acceptors (Lipinski definition) is 6. The van der Waals surface area contributed by atoms with Crippen LogP contribution in [0.25, 0.3) is 0 Å². The molecule has 8 heteroatoms. The Morgan fingerprint density at radius 2 is 1.75 bits per heavy atom. The Labute approximate surface area is 140 Å². The first kappa shape index (κ1) is 17.6. The van der Waals surface area contributed by atoms with E-state index in [0.29, 0.717) is 29.2 Å². The van der Waals surface area contributed by atoms with Crippen LogP contribution in [0, 0.1) is 0 Å². The second-order valence-electron chi connectivity index (χ2n) is 5.42. The number of nitrogens with one attached hydrogen (secondary N) is 1. The summed E-state index contributed by atoms with van der Waals surface area (Å²) >= 11 is 0. The van der Waals surface area contributed by atoms with Crippen molar-refractivity contribution in [1.29, 1.82) is 0 Å². The maximum absolute atomic E-state index is 12.3. The van der Waals surface area contributed by atoms with E-state index >= 15 is 0 Å². The molecule has 1 atom stereocenters. The van der Waals surface area contributed by atoms with E-state index in [4.69, 9.17) is 14.2 Å². The molecule has 2 rings (SSSR count). The molecule has 3 amide bonds. The van der Waals surface area contributed by atoms with Crippen molar-refractivity contribution in [2.24, 2.45) is 5.10 Å². The van der Waals surface area contributed by atoms with Gasteiger partial charge in [0.1, 0.15) is 22.8 Å². The van der Waals surface area contributed by atoms with Crippen LogP contribution in [0.1, 0.15) is 25.8 Å². The molecule has 1 aromatic rings. The Kier molecular flexibility index (Phi) is 4.96. The van der Waals surface area contributed by atoms with Crippen LogP contribution in [0.3, 0.4) is 0 Å². The molecular weight excluding hydrogens is 314 g/mol. The molecule has 1 aromatic carbocycles. The lowest BCUT2D eigenvalue weighted by Crippen LogP contribution is -2.42. The number of nitrogens with zero attached hydrogens (tertiary/aromatic N) is 2. The molecule has 1 unspecified atom stereocenters. The molecule has 1 aliphatic heterocycles. The van der Waals surface area contributed by atoms with Crippen molar-refractivity contribution in [3.8, 4) is 17.2 Å². The largest absolute Gasteiger partial charge is 0.496 e. The van der Waals surface area contributed by atoms with E-state index in [2.05, 4.69) is 10.4 Å². The maximum Gasteiger partial charge on any atom is 0.346 e. The SMILES string of the molecule is CCC1(C)NC(=O)N(/N=C/c2c(OC)cc(OC)cc2OC)C1=O. The van der Waals surface area contributed by atoms with E-state index in [9.17, 15) is 9.59 Å². The number of carbonyl (C=O) groups is 2. The Hall–Kier alpha value is -2.77. The van der Waals surface area contributed by atoms with Crippen molar-refractivity contribution in [3.63, 3.8) is 0 Å². The fraction of sp³-hybridized carbons (Fsp3) is 0.438. The number of ether oxygens (including phenoxy) is 3. The summed E-state index contributed by atoms with van der Waals surface area (Å²) in [7, 11) is 4.52. The molecule has 24 heavy (non-hydrogen) atoms. The van der Waals surface area contributed by atoms with Gasteiger partial charge in [-0.2, -0.15) is 5.10 Å². The van der Waals surface area contributed by atoms with Gasteiger partial charge >= 0.3 is 6.03 Å². The number of rotatable bonds is 6. The molecule has 1 N–H and O–H groups in total. The quantitative estimate of drug-likeness (QED) is 0.632. The van der Waals surface area contributed by atoms with E-state index in [1.165, 1.54) is 27.5 Å². The third kappa shape index (κ3) is 2.99. The van der Waals surface area contributed by atoms with Crippen molar-refractivity contribution in [2.45, 2.75) is 25.8 Å². The van der Waals surface area contributed by atoms with Crippen LogP contribution >= 0.6 is 0 Å². The molecule has 0 aliphatic carbocycles. The normalized spacial score (nSPS) is 20.5. The van der Waals surface area contributed by atoms with Crippen molar-refractivity contribution in [1.82, 2.24) is 10.3 Å². The molecular formula is C16H21N3O5. The first-order valence-electron chi connectivity index (χ1n) is 7.40. The van der Waals surface area contributed by atoms with Crippen LogP contribution < -0.4 is 19.5 Å². The Morgan fingerprint density at radius 1 is 1.17 bits per heavy atom. The third-order valence-electron chi connectivity index (χ3n) is 4.00. The maximum atomic E-state index is 12.3. The Bertz CT molecular complexity index is 663. The monoisotopic (exact) mass is 335 g/mol. The molecule has 1 fully saturated rings. The fourth-order valence-electron chi connectivity index (χ4n) is 2.29. The van der Waals surface area contributed by atoms with Gasteiger partial charge < -0.3 is 19.5 Å². The van der Waals surface area contributed by atoms with Gasteiger partial charge in [-0.25, -0.2) is 4.79 Å². The van der Waals surface area contributed by atoms with Gasteiger partial charge in [-0.05, 0) is 13.3 Å². The number of imide groups is 1. The molecule has 8 nitrogen and oxygen atoms in total. The van der Waals surface area contributed by atoms with Gasteiger partial charge in [0.25, 0.3) is 5.91 Å². The van der Waals surface area contributed by atoms with Gasteiger partial charge in [-0.1, -0.05) is 6.92 Å². The third-order valence-corrected chi connectivity index (χ3v) is 4.00. The average molecular weight is 335 g/mol. The number of benzene rings is 1. The zero-order chi connectivity index (χ0) is 17.9. The summed E-state index contributed by atoms with van der Waals surface area (Å²) in [4.78, 5) is 24.3. The number of amides is 3. The topological polar surface area (TPSA) is 89.5 Å². The van der Waals surface area contributed by atoms with Crippen molar-refractivity contribution >= 4 is 18.2 Å². The second-order valence-corrected chi connectivity index (χ2v) is 5.42. The Balaban J connectivity index is 2.39. The molecule has 130 valence electrons. The van der Waals surface area contributed by atoms with Gasteiger partial charge in [0, 0.05) is 12.1 Å². The van der Waals surface area contributed by atoms with Crippen molar-refractivity contribution < 1.29 is 23.8 Å². The summed E-state index contributed by atoms with van der Waals surface area (Å²) in [5.74, 6) is 1.03. The summed E-state index contributed by atoms with van der Waals surface area (Å²) in [6.07, 6.45) is 1.83. The smallest absolute Gasteiger partial charge is 0.346 e. The summed E-state index contributed by atoms with van der Waals surface area (Å²) in [6.45, 7) is 3.48. The number of hydrogen-bond donors (Lipinski definition) is 1. The highest BCUT2D eigenvalue weighted by atomic mass is 16.5. The highest BCUT2D eigenvalue weighted by Gasteiger charge is 2.46. The molecule has 0 saturated carbocycles. The van der Waals surface area contributed by atoms with Crippen LogP contribution in [0.15, 0.2) is 17.2 Å². The minimum absolute atomic E-state index is 0.405. The summed E-state index contributed by atoms with van der Waals surface area (Å²) < 4.78 is 15.8. The number of hydrazone groups is 1. The van der Waals surface area contributed by atoms with Crippen LogP contribution in [-0.4, -0.2) is 50.0 Å². The second kappa shape index (κ2) is 6.77. The van der Waals surface area contributed by atoms with Gasteiger partial charge in [-0.15, -0.1) is 5.01 Å². The van der Waals surface area contributed by atoms with Gasteiger partial charge in [-0.3, -0.25) is 4.79 Å². The van der Waals surface area contributed by atoms with Gasteiger partial charge in [0.05, 0.1) is 33.1 Å². The predicted molar refractivity (Wildman–Crippen MR) is 87.8 cm³/mol. The lowest BCUT2D eigenvalue weighted by atomic mass is 10.00. The molecule has 1 saturated heterocycles. The summed E-state index contributed by atoms with van der Waals surface area (Å²) in [5.41, 5.74) is -0.450. The standard InChI is InChI=1S/C16H21N3O5/c1-6-16(2)14(20)19(15(21)18-16)17-9-11-12(23-4)7-10(22-3)8-13(11)24-5/h7-9H,6H2,1-5H3,(H,18,21)/b17-9+. The van der Waals surface area contributed by atoms with Gasteiger partial charge in [0.15, 0.2) is 0 Å². The molecule has 0 spiro atoms. The fourth-order valence-corrected chi connectivity index (χ4v) is 2.29. The van der Waals surface area contributed by atoms with Crippen LogP contribution in [0.4, 0.5) is 4.79 Å². The first-order valence-corrected chi connectivity index (χ1v) is 7.40. The minimum Gasteiger partial charge on any atom is -0.496 e. The summed E-state index contributed by atoms with van der Waals surface area (Å²) in [5, 5.41) is 7.46. The van der Waals surface area contributed by atoms with Crippen molar-refractivity contribution in [2.75, 3.05) is 21.3 Å². The van der Waals surface area contributed by atoms with Crippen LogP contribution in [0.5, 0.6) is 17.2 Å². The number of urea groups is 1. The minimum atomic E-state index is -0.942. The summed E-state index contributed by atoms with van der Waals surface area (Å²) in [6, 6.07) is 2.75. The zero-order valence-electron chi connectivity index (χ0n) is 14.4. The number of methoxy groups -OCH3 is 3. The molecule has 0 aromatic heterocycles. The highest BCUT2D eigenvalue weighted by Crippen LogP contribution is 2.33. The zero-order valence-corrected chi connectivity index (χ0v) is 14.4. The first-order chi connectivity index (χ1) is 11.4. The van der Waals surface area contributed by atoms with E-state index in [0.717, 1.165) is 5.01 Å². The highest BCUT2D eigenvalue weighted by molar-refractivity contribution is 6.07. The molecule has 1 aliphatic rings. The lowest BCUT2D eigenvalue weighted by molar-refractivity contribution is -0.130. The molecule has 0 radical (unpaired) electrons. The van der Waals surface area contributed by atoms with E-state index in [1.807, 2.05) is 6.92 Å². The van der Waals surface area contributed by atoms with E-state index < -0.39 is 17.5 Å². The van der Waals surface area contributed by atoms with Crippen molar-refractivity contribution in [3.05, 3.63) is 17.7 Å². The lowest BCUT2D eigenvalue weighted by Gasteiger charge is -2.17. The van der Waals surface area contributed by atoms with Crippen LogP contribution in [-0.2, 0) is 4.79 Å². The molecule has 1 heterocycles. The Morgan fingerprint density at radius 3 is 2.17 bits per heavy atom. The predicted octanol–water partition coefficient (Wildman–Crippen LogP) is 1.77. The molecule has 0 bridgehead atoms.